The number of rotatable bonds is 8. The maximum Gasteiger partial charge on any atom is 0.261 e. The van der Waals surface area contributed by atoms with E-state index in [9.17, 15) is 13.2 Å². The molecule has 0 unspecified atom stereocenters. The second-order valence-corrected chi connectivity index (χ2v) is 9.29. The second kappa shape index (κ2) is 10.4. The number of carbonyl (C=O) groups excluding carboxylic acids is 1. The topological polar surface area (TPSA) is 97.4 Å². The molecule has 0 spiro atoms. The van der Waals surface area contributed by atoms with E-state index in [-0.39, 0.29) is 27.8 Å². The van der Waals surface area contributed by atoms with Gasteiger partial charge in [-0.25, -0.2) is 8.42 Å². The van der Waals surface area contributed by atoms with Gasteiger partial charge >= 0.3 is 0 Å². The number of sulfonamides is 1. The van der Waals surface area contributed by atoms with Gasteiger partial charge in [-0.1, -0.05) is 41.9 Å². The minimum absolute atomic E-state index is 0.0625. The average molecular weight is 494 g/mol. The highest BCUT2D eigenvalue weighted by atomic mass is 35.5. The van der Waals surface area contributed by atoms with E-state index in [1.165, 1.54) is 24.3 Å². The summed E-state index contributed by atoms with van der Waals surface area (Å²) >= 11 is 6.05. The van der Waals surface area contributed by atoms with Gasteiger partial charge in [-0.3, -0.25) is 14.5 Å². The van der Waals surface area contributed by atoms with E-state index in [0.29, 0.717) is 11.4 Å². The third-order valence-corrected chi connectivity index (χ3v) is 6.42. The van der Waals surface area contributed by atoms with Crippen molar-refractivity contribution in [1.29, 1.82) is 0 Å². The molecule has 0 aliphatic rings. The Bertz CT molecular complexity index is 1410. The van der Waals surface area contributed by atoms with Gasteiger partial charge < -0.3 is 10.1 Å². The zero-order valence-corrected chi connectivity index (χ0v) is 19.4. The van der Waals surface area contributed by atoms with Crippen molar-refractivity contribution in [1.82, 2.24) is 4.98 Å². The fraction of sp³-hybridized carbons (Fsp3) is 0.0400. The lowest BCUT2D eigenvalue weighted by molar-refractivity contribution is 0.102. The molecule has 1 aromatic heterocycles. The molecule has 1 amide bonds. The highest BCUT2D eigenvalue weighted by Crippen LogP contribution is 2.25. The van der Waals surface area contributed by atoms with Crippen LogP contribution >= 0.6 is 11.6 Å². The van der Waals surface area contributed by atoms with Crippen molar-refractivity contribution in [2.24, 2.45) is 0 Å². The minimum Gasteiger partial charge on any atom is -0.487 e. The van der Waals surface area contributed by atoms with Gasteiger partial charge in [0, 0.05) is 23.5 Å². The largest absolute Gasteiger partial charge is 0.487 e. The van der Waals surface area contributed by atoms with Crippen molar-refractivity contribution in [3.05, 3.63) is 113 Å². The molecule has 1 heterocycles. The lowest BCUT2D eigenvalue weighted by Gasteiger charge is -2.11. The van der Waals surface area contributed by atoms with Gasteiger partial charge in [0.25, 0.3) is 15.9 Å². The Balaban J connectivity index is 1.46. The van der Waals surface area contributed by atoms with Crippen LogP contribution in [0.3, 0.4) is 0 Å². The number of anilines is 2. The summed E-state index contributed by atoms with van der Waals surface area (Å²) in [5, 5.41) is 3.03. The van der Waals surface area contributed by atoms with Crippen LogP contribution in [0, 0.1) is 0 Å². The molecule has 172 valence electrons. The van der Waals surface area contributed by atoms with E-state index in [0.717, 1.165) is 5.69 Å². The van der Waals surface area contributed by atoms with Crippen LogP contribution in [0.15, 0.2) is 102 Å². The maximum atomic E-state index is 12.8. The molecule has 34 heavy (non-hydrogen) atoms. The van der Waals surface area contributed by atoms with Crippen LogP contribution in [-0.2, 0) is 16.6 Å². The van der Waals surface area contributed by atoms with E-state index >= 15 is 0 Å². The van der Waals surface area contributed by atoms with Crippen molar-refractivity contribution in [2.75, 3.05) is 10.0 Å². The molecule has 0 bridgehead atoms. The molecule has 0 aliphatic carbocycles. The van der Waals surface area contributed by atoms with Gasteiger partial charge in [0.15, 0.2) is 0 Å². The van der Waals surface area contributed by atoms with Crippen molar-refractivity contribution >= 4 is 38.9 Å². The summed E-state index contributed by atoms with van der Waals surface area (Å²) < 4.78 is 33.8. The molecule has 2 N–H and O–H groups in total. The van der Waals surface area contributed by atoms with E-state index in [2.05, 4.69) is 15.0 Å². The van der Waals surface area contributed by atoms with Crippen LogP contribution in [0.2, 0.25) is 5.02 Å². The summed E-state index contributed by atoms with van der Waals surface area (Å²) in [5.74, 6) is 0.0976. The highest BCUT2D eigenvalue weighted by molar-refractivity contribution is 7.92. The number of halogens is 1. The normalized spacial score (nSPS) is 11.0. The fourth-order valence-electron chi connectivity index (χ4n) is 3.06. The third-order valence-electron chi connectivity index (χ3n) is 4.73. The molecule has 4 aromatic rings. The van der Waals surface area contributed by atoms with Gasteiger partial charge in [-0.2, -0.15) is 0 Å². The summed E-state index contributed by atoms with van der Waals surface area (Å²) in [6.07, 6.45) is 1.69. The molecule has 0 fully saturated rings. The number of benzene rings is 3. The van der Waals surface area contributed by atoms with Crippen LogP contribution in [0.1, 0.15) is 16.1 Å². The zero-order valence-electron chi connectivity index (χ0n) is 17.8. The smallest absolute Gasteiger partial charge is 0.261 e. The van der Waals surface area contributed by atoms with Gasteiger partial charge in [0.2, 0.25) is 0 Å². The van der Waals surface area contributed by atoms with Crippen molar-refractivity contribution in [3.8, 4) is 5.75 Å². The van der Waals surface area contributed by atoms with Crippen LogP contribution in [0.5, 0.6) is 5.75 Å². The molecule has 0 saturated heterocycles. The first-order chi connectivity index (χ1) is 16.4. The molecule has 4 rings (SSSR count). The average Bonchev–Trinajstić information content (AvgIpc) is 2.85. The Kier molecular flexibility index (Phi) is 7.10. The molecular formula is C25H20ClN3O4S. The minimum atomic E-state index is -3.95. The summed E-state index contributed by atoms with van der Waals surface area (Å²) in [5.41, 5.74) is 1.72. The van der Waals surface area contributed by atoms with E-state index in [1.807, 2.05) is 18.2 Å². The fourth-order valence-corrected chi connectivity index (χ4v) is 4.42. The number of aromatic nitrogens is 1. The Hall–Kier alpha value is -3.88. The van der Waals surface area contributed by atoms with Crippen molar-refractivity contribution in [2.45, 2.75) is 11.5 Å². The first-order valence-electron chi connectivity index (χ1n) is 10.2. The standard InChI is InChI=1S/C25H20ClN3O4S/c26-23-12-1-2-13-24(23)29-34(31,32)22-11-5-7-18(15-22)25(30)28-19-9-6-10-21(16-19)33-17-20-8-3-4-14-27-20/h1-16,29H,17H2,(H,28,30). The monoisotopic (exact) mass is 493 g/mol. The molecule has 0 saturated carbocycles. The number of pyridine rings is 1. The van der Waals surface area contributed by atoms with E-state index < -0.39 is 15.9 Å². The van der Waals surface area contributed by atoms with Gasteiger partial charge in [-0.05, 0) is 54.6 Å². The molecule has 0 aliphatic heterocycles. The Labute approximate surface area is 202 Å². The summed E-state index contributed by atoms with van der Waals surface area (Å²) in [7, 11) is -3.95. The number of nitrogens with one attached hydrogen (secondary N) is 2. The number of ether oxygens (including phenoxy) is 1. The quantitative estimate of drug-likeness (QED) is 0.344. The number of hydrogen-bond donors (Lipinski definition) is 2. The van der Waals surface area contributed by atoms with Crippen molar-refractivity contribution in [3.63, 3.8) is 0 Å². The molecule has 3 aromatic carbocycles. The highest BCUT2D eigenvalue weighted by Gasteiger charge is 2.18. The number of para-hydroxylation sites is 1. The van der Waals surface area contributed by atoms with Gasteiger partial charge in [-0.15, -0.1) is 0 Å². The predicted molar refractivity (Wildman–Crippen MR) is 132 cm³/mol. The van der Waals surface area contributed by atoms with Crippen LogP contribution in [0.25, 0.3) is 0 Å². The lowest BCUT2D eigenvalue weighted by atomic mass is 10.2. The number of amides is 1. The first kappa shape index (κ1) is 23.3. The molecule has 0 radical (unpaired) electrons. The summed E-state index contributed by atoms with van der Waals surface area (Å²) in [4.78, 5) is 16.9. The number of carbonyl (C=O) groups is 1. The lowest BCUT2D eigenvalue weighted by Crippen LogP contribution is -2.16. The first-order valence-corrected chi connectivity index (χ1v) is 12.1. The number of nitrogens with zero attached hydrogens (tertiary/aromatic N) is 1. The molecule has 7 nitrogen and oxygen atoms in total. The van der Waals surface area contributed by atoms with E-state index in [4.69, 9.17) is 16.3 Å². The summed E-state index contributed by atoms with van der Waals surface area (Å²) in [6, 6.07) is 24.7. The predicted octanol–water partition coefficient (Wildman–Crippen LogP) is 5.37. The molecule has 0 atom stereocenters. The van der Waals surface area contributed by atoms with Gasteiger partial charge in [0.05, 0.1) is 21.3 Å². The van der Waals surface area contributed by atoms with Crippen LogP contribution in [-0.4, -0.2) is 19.3 Å². The maximum absolute atomic E-state index is 12.8. The Morgan fingerprint density at radius 3 is 2.50 bits per heavy atom. The summed E-state index contributed by atoms with van der Waals surface area (Å²) in [6.45, 7) is 0.288. The Morgan fingerprint density at radius 2 is 1.71 bits per heavy atom. The van der Waals surface area contributed by atoms with E-state index in [1.54, 1.807) is 54.7 Å². The molecular weight excluding hydrogens is 474 g/mol. The van der Waals surface area contributed by atoms with Gasteiger partial charge in [0.1, 0.15) is 12.4 Å². The number of hydrogen-bond acceptors (Lipinski definition) is 5. The van der Waals surface area contributed by atoms with Crippen molar-refractivity contribution < 1.29 is 17.9 Å². The van der Waals surface area contributed by atoms with Crippen LogP contribution < -0.4 is 14.8 Å². The molecule has 9 heteroatoms. The SMILES string of the molecule is O=C(Nc1cccc(OCc2ccccn2)c1)c1cccc(S(=O)(=O)Nc2ccccc2Cl)c1. The Morgan fingerprint density at radius 1 is 0.912 bits per heavy atom. The second-order valence-electron chi connectivity index (χ2n) is 7.20. The third kappa shape index (κ3) is 5.92. The van der Waals surface area contributed by atoms with Crippen LogP contribution in [0.4, 0.5) is 11.4 Å². The zero-order chi connectivity index (χ0) is 24.0.